The summed E-state index contributed by atoms with van der Waals surface area (Å²) in [5.74, 6) is 6.84. The van der Waals surface area contributed by atoms with Gasteiger partial charge in [-0.05, 0) is 67.9 Å². The molecule has 0 fully saturated rings. The molecule has 0 N–H and O–H groups in total. The fourth-order valence-electron chi connectivity index (χ4n) is 12.0. The predicted molar refractivity (Wildman–Crippen MR) is 375 cm³/mol. The molecule has 0 bridgehead atoms. The standard InChI is InChI=1S/C39H54N2.2C21H43.Ni/c1-4-7-9-10-11-12-13-14-15-16-17-18-19-20-21-27-35-28-22-23-30-37(35)39-34(6-3)32-38(41(39)40)36-29-24-26-33(31-36)25-8-5-2;2*1-3-5-7-9-11-13-15-17-19-21-20-18-16-14-12-10-8-6-4-2;/h22-24,26,28-32H,4-17,20-21,25,27H2,1-3H3;2*1,3-21H2,2H3;/q;2*-1;+2. The van der Waals surface area contributed by atoms with Crippen molar-refractivity contribution in [1.29, 1.82) is 0 Å². The van der Waals surface area contributed by atoms with Crippen LogP contribution in [-0.4, -0.2) is 4.70 Å². The Morgan fingerprint density at radius 3 is 1.08 bits per heavy atom. The summed E-state index contributed by atoms with van der Waals surface area (Å²) in [5, 5.41) is 0. The number of rotatable bonds is 55. The van der Waals surface area contributed by atoms with Gasteiger partial charge in [0, 0.05) is 35.6 Å². The summed E-state index contributed by atoms with van der Waals surface area (Å²) in [6.45, 7) is 19.1. The van der Waals surface area contributed by atoms with Crippen molar-refractivity contribution in [2.45, 2.75) is 394 Å². The first-order chi connectivity index (χ1) is 41.0. The van der Waals surface area contributed by atoms with Crippen molar-refractivity contribution < 1.29 is 21.2 Å². The molecule has 2 aromatic rings. The van der Waals surface area contributed by atoms with Gasteiger partial charge >= 0.3 is 16.5 Å². The van der Waals surface area contributed by atoms with E-state index in [9.17, 15) is 5.53 Å². The molecule has 1 aliphatic heterocycles. The van der Waals surface area contributed by atoms with E-state index in [1.165, 1.54) is 330 Å². The minimum Gasteiger partial charge on any atom is -0.493 e. The molecule has 0 amide bonds. The van der Waals surface area contributed by atoms with E-state index in [-0.39, 0.29) is 16.5 Å². The average molecular weight is 1200 g/mol. The van der Waals surface area contributed by atoms with E-state index in [1.807, 2.05) is 0 Å². The second kappa shape index (κ2) is 65.0. The molecule has 0 unspecified atom stereocenters. The Morgan fingerprint density at radius 2 is 0.714 bits per heavy atom. The number of allylic oxidation sites excluding steroid dienone is 2. The summed E-state index contributed by atoms with van der Waals surface area (Å²) in [5.41, 5.74) is 19.3. The van der Waals surface area contributed by atoms with Gasteiger partial charge < -0.3 is 19.4 Å². The van der Waals surface area contributed by atoms with Gasteiger partial charge in [-0.1, -0.05) is 360 Å². The Balaban J connectivity index is 0.00000136. The molecular formula is C81H140N2Ni. The van der Waals surface area contributed by atoms with Crippen LogP contribution >= 0.6 is 0 Å². The topological polar surface area (TPSA) is 25.3 Å². The van der Waals surface area contributed by atoms with E-state index >= 15 is 0 Å². The molecule has 0 saturated heterocycles. The van der Waals surface area contributed by atoms with Gasteiger partial charge in [0.15, 0.2) is 0 Å². The molecule has 84 heavy (non-hydrogen) atoms. The van der Waals surface area contributed by atoms with Crippen LogP contribution in [0.5, 0.6) is 0 Å². The number of unbranched alkanes of at least 4 members (excludes halogenated alkanes) is 48. The molecule has 3 heteroatoms. The molecule has 484 valence electrons. The van der Waals surface area contributed by atoms with Crippen LogP contribution in [0.4, 0.5) is 0 Å². The maximum Gasteiger partial charge on any atom is 2.00 e. The van der Waals surface area contributed by atoms with Crippen LogP contribution in [0.3, 0.4) is 0 Å². The van der Waals surface area contributed by atoms with Gasteiger partial charge in [-0.15, -0.1) is 11.8 Å². The van der Waals surface area contributed by atoms with E-state index in [2.05, 4.69) is 115 Å². The van der Waals surface area contributed by atoms with Crippen molar-refractivity contribution in [3.63, 3.8) is 0 Å². The van der Waals surface area contributed by atoms with Crippen LogP contribution in [0.1, 0.15) is 404 Å². The van der Waals surface area contributed by atoms with Gasteiger partial charge in [-0.3, -0.25) is 0 Å². The van der Waals surface area contributed by atoms with E-state index in [0.717, 1.165) is 73.9 Å². The van der Waals surface area contributed by atoms with Crippen LogP contribution in [-0.2, 0) is 29.3 Å². The summed E-state index contributed by atoms with van der Waals surface area (Å²) in [6, 6.07) is 17.2. The van der Waals surface area contributed by atoms with Crippen molar-refractivity contribution >= 4 is 11.4 Å². The van der Waals surface area contributed by atoms with Crippen LogP contribution in [0, 0.1) is 25.7 Å². The van der Waals surface area contributed by atoms with Crippen LogP contribution in [0.15, 0.2) is 60.2 Å². The zero-order valence-corrected chi connectivity index (χ0v) is 57.9. The number of benzene rings is 2. The number of hydrogen-bond acceptors (Lipinski definition) is 0. The average Bonchev–Trinajstić information content (AvgIpc) is 2.63. The number of aryl methyl sites for hydroxylation is 2. The molecule has 0 spiro atoms. The largest absolute Gasteiger partial charge is 2.00 e. The molecule has 0 saturated carbocycles. The summed E-state index contributed by atoms with van der Waals surface area (Å²) in [6.07, 6.45) is 78.8. The third-order valence-corrected chi connectivity index (χ3v) is 17.5. The predicted octanol–water partition coefficient (Wildman–Crippen LogP) is 28.4. The smallest absolute Gasteiger partial charge is 0.493 e. The SMILES string of the molecule is CCCCCCCCCCCCC#CCCCc1ccccc1C1=C(CC)C=C(c2cccc(CCCC)c2)[N+]1=[N-].[CH2-]CCCCCCCCCCCCCCCCCCCC.[CH2-]CCCCCCCCCCCCCCCCCCCC.[Ni+2]. The number of hydrogen-bond donors (Lipinski definition) is 0. The second-order valence-corrected chi connectivity index (χ2v) is 25.4. The summed E-state index contributed by atoms with van der Waals surface area (Å²) < 4.78 is 1.43. The molecule has 2 aromatic carbocycles. The van der Waals surface area contributed by atoms with Crippen LogP contribution in [0.2, 0.25) is 0 Å². The monoisotopic (exact) mass is 1200 g/mol. The Hall–Kier alpha value is -2.43. The molecule has 2 nitrogen and oxygen atoms in total. The van der Waals surface area contributed by atoms with Gasteiger partial charge in [0.05, 0.1) is 0 Å². The van der Waals surface area contributed by atoms with Gasteiger partial charge in [-0.2, -0.15) is 12.8 Å². The van der Waals surface area contributed by atoms with E-state index < -0.39 is 0 Å². The first kappa shape index (κ1) is 81.6. The van der Waals surface area contributed by atoms with Gasteiger partial charge in [0.2, 0.25) is 11.4 Å². The van der Waals surface area contributed by atoms with E-state index in [1.54, 1.807) is 0 Å². The fraction of sp³-hybridized carbons (Fsp3) is 0.753. The molecule has 0 atom stereocenters. The summed E-state index contributed by atoms with van der Waals surface area (Å²) in [7, 11) is 0. The minimum absolute atomic E-state index is 0. The minimum atomic E-state index is 0. The maximum absolute atomic E-state index is 11.4. The Morgan fingerprint density at radius 1 is 0.369 bits per heavy atom. The molecule has 3 rings (SSSR count). The molecule has 0 aliphatic carbocycles. The first-order valence-electron chi connectivity index (χ1n) is 37.2. The molecule has 0 aromatic heterocycles. The normalized spacial score (nSPS) is 11.9. The maximum atomic E-state index is 11.4. The van der Waals surface area contributed by atoms with Gasteiger partial charge in [0.25, 0.3) is 0 Å². The van der Waals surface area contributed by atoms with Crippen LogP contribution in [0.25, 0.3) is 16.9 Å². The van der Waals surface area contributed by atoms with E-state index in [0.29, 0.717) is 0 Å². The third kappa shape index (κ3) is 47.6. The van der Waals surface area contributed by atoms with Crippen LogP contribution < -0.4 is 0 Å². The molecule has 1 heterocycles. The van der Waals surface area contributed by atoms with Crippen molar-refractivity contribution in [1.82, 2.24) is 0 Å². The first-order valence-corrected chi connectivity index (χ1v) is 37.2. The van der Waals surface area contributed by atoms with Gasteiger partial charge in [0.1, 0.15) is 0 Å². The third-order valence-electron chi connectivity index (χ3n) is 17.5. The Bertz CT molecular complexity index is 1770. The second-order valence-electron chi connectivity index (χ2n) is 25.4. The number of nitrogens with zero attached hydrogens (tertiary/aromatic N) is 2. The zero-order valence-electron chi connectivity index (χ0n) is 56.9. The summed E-state index contributed by atoms with van der Waals surface area (Å²) in [4.78, 5) is 0. The molecule has 0 radical (unpaired) electrons. The zero-order chi connectivity index (χ0) is 60.0. The van der Waals surface area contributed by atoms with Gasteiger partial charge in [-0.25, -0.2) is 4.70 Å². The Labute approximate surface area is 537 Å². The molecule has 1 aliphatic rings. The molecular weight excluding hydrogens is 1060 g/mol. The van der Waals surface area contributed by atoms with Crippen molar-refractivity contribution in [3.8, 4) is 11.8 Å². The quantitative estimate of drug-likeness (QED) is 0.0207. The van der Waals surface area contributed by atoms with Crippen molar-refractivity contribution in [3.05, 3.63) is 102 Å². The van der Waals surface area contributed by atoms with E-state index in [4.69, 9.17) is 0 Å². The summed E-state index contributed by atoms with van der Waals surface area (Å²) >= 11 is 0. The van der Waals surface area contributed by atoms with Crippen molar-refractivity contribution in [2.75, 3.05) is 0 Å². The van der Waals surface area contributed by atoms with Crippen molar-refractivity contribution in [2.24, 2.45) is 0 Å². The Kier molecular flexibility index (Phi) is 63.2. The fourth-order valence-corrected chi connectivity index (χ4v) is 12.0.